The maximum absolute atomic E-state index is 13.2. The molecule has 1 saturated heterocycles. The molecule has 1 fully saturated rings. The summed E-state index contributed by atoms with van der Waals surface area (Å²) < 4.78 is 13.2. The minimum absolute atomic E-state index is 0.00237. The van der Waals surface area contributed by atoms with E-state index in [1.165, 1.54) is 6.07 Å². The minimum atomic E-state index is -0.409. The van der Waals surface area contributed by atoms with Gasteiger partial charge in [-0.15, -0.1) is 0 Å². The van der Waals surface area contributed by atoms with E-state index in [-0.39, 0.29) is 11.1 Å². The van der Waals surface area contributed by atoms with Gasteiger partial charge in [0.05, 0.1) is 5.02 Å². The zero-order valence-electron chi connectivity index (χ0n) is 13.1. The number of hydrogen-bond acceptors (Lipinski definition) is 2. The van der Waals surface area contributed by atoms with Crippen molar-refractivity contribution in [1.82, 2.24) is 10.2 Å². The number of benzene rings is 1. The van der Waals surface area contributed by atoms with Crippen molar-refractivity contribution in [3.05, 3.63) is 29.0 Å². The zero-order valence-corrected chi connectivity index (χ0v) is 13.9. The van der Waals surface area contributed by atoms with Crippen LogP contribution in [0.3, 0.4) is 0 Å². The fourth-order valence-corrected chi connectivity index (χ4v) is 2.60. The number of anilines is 1. The molecule has 1 aromatic rings. The predicted octanol–water partition coefficient (Wildman–Crippen LogP) is 3.36. The van der Waals surface area contributed by atoms with Crippen molar-refractivity contribution in [3.63, 3.8) is 0 Å². The van der Waals surface area contributed by atoms with Crippen molar-refractivity contribution in [2.24, 2.45) is 5.92 Å². The third-order valence-electron chi connectivity index (χ3n) is 3.83. The molecular weight excluding hydrogens is 305 g/mol. The largest absolute Gasteiger partial charge is 0.368 e. The Labute approximate surface area is 136 Å². The lowest BCUT2D eigenvalue weighted by Crippen LogP contribution is -2.52. The van der Waals surface area contributed by atoms with Crippen LogP contribution in [0.15, 0.2) is 18.2 Å². The normalized spacial score (nSPS) is 15.3. The van der Waals surface area contributed by atoms with Gasteiger partial charge >= 0.3 is 6.03 Å². The van der Waals surface area contributed by atoms with Gasteiger partial charge in [0.2, 0.25) is 0 Å². The van der Waals surface area contributed by atoms with Crippen LogP contribution in [0.25, 0.3) is 0 Å². The highest BCUT2D eigenvalue weighted by atomic mass is 35.5. The van der Waals surface area contributed by atoms with E-state index in [1.54, 1.807) is 12.1 Å². The third-order valence-corrected chi connectivity index (χ3v) is 4.12. The molecule has 122 valence electrons. The summed E-state index contributed by atoms with van der Waals surface area (Å²) in [6.07, 6.45) is 0.986. The smallest absolute Gasteiger partial charge is 0.317 e. The Bertz CT molecular complexity index is 516. The first-order chi connectivity index (χ1) is 10.5. The summed E-state index contributed by atoms with van der Waals surface area (Å²) in [6.45, 7) is 7.74. The zero-order chi connectivity index (χ0) is 16.1. The Morgan fingerprint density at radius 2 is 2.00 bits per heavy atom. The summed E-state index contributed by atoms with van der Waals surface area (Å²) in [5, 5.41) is 3.08. The first-order valence-electron chi connectivity index (χ1n) is 7.70. The lowest BCUT2D eigenvalue weighted by atomic mass is 10.1. The molecule has 0 saturated carbocycles. The quantitative estimate of drug-likeness (QED) is 0.920. The molecule has 0 bridgehead atoms. The number of nitrogens with zero attached hydrogens (tertiary/aromatic N) is 2. The Balaban J connectivity index is 1.82. The monoisotopic (exact) mass is 327 g/mol. The molecule has 0 aromatic heterocycles. The van der Waals surface area contributed by atoms with Crippen LogP contribution in [0, 0.1) is 11.7 Å². The van der Waals surface area contributed by atoms with Crippen molar-refractivity contribution in [2.45, 2.75) is 20.3 Å². The van der Waals surface area contributed by atoms with Crippen LogP contribution < -0.4 is 10.2 Å². The van der Waals surface area contributed by atoms with Crippen LogP contribution >= 0.6 is 11.6 Å². The Kier molecular flexibility index (Phi) is 5.89. The molecule has 0 atom stereocenters. The Hall–Kier alpha value is -1.49. The van der Waals surface area contributed by atoms with Crippen molar-refractivity contribution < 1.29 is 9.18 Å². The van der Waals surface area contributed by atoms with Crippen LogP contribution in [-0.2, 0) is 0 Å². The van der Waals surface area contributed by atoms with Crippen LogP contribution in [0.4, 0.5) is 14.9 Å². The van der Waals surface area contributed by atoms with Gasteiger partial charge in [-0.25, -0.2) is 9.18 Å². The topological polar surface area (TPSA) is 35.6 Å². The van der Waals surface area contributed by atoms with E-state index in [4.69, 9.17) is 11.6 Å². The molecule has 0 unspecified atom stereocenters. The fourth-order valence-electron chi connectivity index (χ4n) is 2.43. The fraction of sp³-hybridized carbons (Fsp3) is 0.562. The number of piperazine rings is 1. The minimum Gasteiger partial charge on any atom is -0.368 e. The second-order valence-electron chi connectivity index (χ2n) is 5.99. The van der Waals surface area contributed by atoms with Crippen LogP contribution in [0.2, 0.25) is 5.02 Å². The maximum Gasteiger partial charge on any atom is 0.317 e. The van der Waals surface area contributed by atoms with E-state index >= 15 is 0 Å². The van der Waals surface area contributed by atoms with Gasteiger partial charge in [0, 0.05) is 38.4 Å². The third kappa shape index (κ3) is 4.50. The maximum atomic E-state index is 13.2. The molecule has 2 rings (SSSR count). The highest BCUT2D eigenvalue weighted by molar-refractivity contribution is 6.31. The molecule has 1 heterocycles. The number of nitrogens with one attached hydrogen (secondary N) is 1. The number of rotatable bonds is 4. The summed E-state index contributed by atoms with van der Waals surface area (Å²) >= 11 is 5.82. The highest BCUT2D eigenvalue weighted by Crippen LogP contribution is 2.23. The van der Waals surface area contributed by atoms with E-state index in [1.807, 2.05) is 4.90 Å². The number of carbonyl (C=O) groups is 1. The van der Waals surface area contributed by atoms with E-state index in [2.05, 4.69) is 24.1 Å². The van der Waals surface area contributed by atoms with E-state index in [0.717, 1.165) is 25.2 Å². The van der Waals surface area contributed by atoms with E-state index in [0.29, 0.717) is 25.6 Å². The van der Waals surface area contributed by atoms with E-state index < -0.39 is 5.82 Å². The van der Waals surface area contributed by atoms with Gasteiger partial charge in [-0.1, -0.05) is 25.4 Å². The highest BCUT2D eigenvalue weighted by Gasteiger charge is 2.21. The summed E-state index contributed by atoms with van der Waals surface area (Å²) in [5.41, 5.74) is 0.895. The van der Waals surface area contributed by atoms with Gasteiger partial charge in [-0.05, 0) is 30.5 Å². The summed E-state index contributed by atoms with van der Waals surface area (Å²) in [5.74, 6) is 0.175. The SMILES string of the molecule is CC(C)CCNC(=O)N1CCN(c2ccc(F)c(Cl)c2)CC1. The molecule has 1 aliphatic rings. The molecule has 1 N–H and O–H groups in total. The number of amides is 2. The summed E-state index contributed by atoms with van der Waals surface area (Å²) in [6, 6.07) is 4.73. The van der Waals surface area contributed by atoms with Gasteiger partial charge in [-0.2, -0.15) is 0 Å². The lowest BCUT2D eigenvalue weighted by molar-refractivity contribution is 0.194. The predicted molar refractivity (Wildman–Crippen MR) is 88.0 cm³/mol. The van der Waals surface area contributed by atoms with Crippen LogP contribution in [0.1, 0.15) is 20.3 Å². The van der Waals surface area contributed by atoms with Gasteiger partial charge in [0.15, 0.2) is 0 Å². The molecule has 0 aliphatic carbocycles. The average molecular weight is 328 g/mol. The van der Waals surface area contributed by atoms with Crippen molar-refractivity contribution in [1.29, 1.82) is 0 Å². The summed E-state index contributed by atoms with van der Waals surface area (Å²) in [7, 11) is 0. The van der Waals surface area contributed by atoms with Gasteiger partial charge in [0.25, 0.3) is 0 Å². The van der Waals surface area contributed by atoms with Gasteiger partial charge in [0.1, 0.15) is 5.82 Å². The Morgan fingerprint density at radius 3 is 2.59 bits per heavy atom. The average Bonchev–Trinajstić information content (AvgIpc) is 2.50. The van der Waals surface area contributed by atoms with Crippen molar-refractivity contribution in [2.75, 3.05) is 37.6 Å². The molecular formula is C16H23ClFN3O. The van der Waals surface area contributed by atoms with Crippen LogP contribution in [0.5, 0.6) is 0 Å². The Morgan fingerprint density at radius 1 is 1.32 bits per heavy atom. The molecule has 1 aromatic carbocycles. The number of carbonyl (C=O) groups excluding carboxylic acids is 1. The molecule has 1 aliphatic heterocycles. The molecule has 2 amide bonds. The number of halogens is 2. The number of hydrogen-bond donors (Lipinski definition) is 1. The second-order valence-corrected chi connectivity index (χ2v) is 6.39. The molecule has 6 heteroatoms. The van der Waals surface area contributed by atoms with E-state index in [9.17, 15) is 9.18 Å². The molecule has 22 heavy (non-hydrogen) atoms. The van der Waals surface area contributed by atoms with Gasteiger partial charge < -0.3 is 15.1 Å². The van der Waals surface area contributed by atoms with Crippen LogP contribution in [-0.4, -0.2) is 43.7 Å². The first-order valence-corrected chi connectivity index (χ1v) is 8.08. The second kappa shape index (κ2) is 7.68. The van der Waals surface area contributed by atoms with Gasteiger partial charge in [-0.3, -0.25) is 0 Å². The molecule has 0 spiro atoms. The molecule has 4 nitrogen and oxygen atoms in total. The summed E-state index contributed by atoms with van der Waals surface area (Å²) in [4.78, 5) is 16.0. The first kappa shape index (κ1) is 16.9. The lowest BCUT2D eigenvalue weighted by Gasteiger charge is -2.36. The standard InChI is InChI=1S/C16H23ClFN3O/c1-12(2)5-6-19-16(22)21-9-7-20(8-10-21)13-3-4-15(18)14(17)11-13/h3-4,11-12H,5-10H2,1-2H3,(H,19,22). The molecule has 0 radical (unpaired) electrons. The van der Waals surface area contributed by atoms with Crippen molar-refractivity contribution in [3.8, 4) is 0 Å². The van der Waals surface area contributed by atoms with Crippen molar-refractivity contribution >= 4 is 23.3 Å². The number of urea groups is 1.